The van der Waals surface area contributed by atoms with Crippen LogP contribution in [0.25, 0.3) is 22.2 Å². The number of anilines is 1. The summed E-state index contributed by atoms with van der Waals surface area (Å²) in [5.74, 6) is -0.106. The van der Waals surface area contributed by atoms with Crippen molar-refractivity contribution < 1.29 is 28.0 Å². The van der Waals surface area contributed by atoms with Gasteiger partial charge in [-0.15, -0.1) is 0 Å². The van der Waals surface area contributed by atoms with E-state index < -0.39 is 18.4 Å². The number of likely N-dealkylation sites (tertiary alicyclic amines) is 2. The quantitative estimate of drug-likeness (QED) is 0.0776. The van der Waals surface area contributed by atoms with Crippen LogP contribution >= 0.6 is 0 Å². The third-order valence-corrected chi connectivity index (χ3v) is 14.3. The fraction of sp³-hybridized carbons (Fsp3) is 0.531. The summed E-state index contributed by atoms with van der Waals surface area (Å²) in [4.78, 5) is 71.2. The summed E-state index contributed by atoms with van der Waals surface area (Å²) >= 11 is 0. The molecule has 67 heavy (non-hydrogen) atoms. The number of nitrogens with one attached hydrogen (secondary N) is 2. The van der Waals surface area contributed by atoms with Crippen LogP contribution in [0.1, 0.15) is 94.7 Å². The molecule has 4 N–H and O–H groups in total. The number of primary amides is 1. The molecule has 16 nitrogen and oxygen atoms in total. The fourth-order valence-corrected chi connectivity index (χ4v) is 10.6. The number of hydrogen-bond acceptors (Lipinski definition) is 9. The lowest BCUT2D eigenvalue weighted by atomic mass is 9.92. The SMILES string of the molecule is CC(=O)N1CCC(NC2CCN(C(=O)CCCN3CCC(Cn4c(=O)n(C(CCC=O)C(N)=O)c5ccccc54)CC3)CC2)=C(C(=N)N2CCCc3cc(-c4cnn(C)c4)c(C(F)F)cc32)C1. The number of para-hydroxylation sites is 2. The number of carbonyl (C=O) groups excluding carboxylic acids is 4. The Morgan fingerprint density at radius 2 is 1.73 bits per heavy atom. The van der Waals surface area contributed by atoms with Gasteiger partial charge in [-0.25, -0.2) is 13.6 Å². The molecular weight excluding hydrogens is 861 g/mol. The summed E-state index contributed by atoms with van der Waals surface area (Å²) in [6.07, 6.45) is 8.10. The van der Waals surface area contributed by atoms with Crippen molar-refractivity contribution in [1.82, 2.24) is 38.9 Å². The molecule has 2 aromatic carbocycles. The number of halogens is 2. The number of imidazole rings is 1. The Kier molecular flexibility index (Phi) is 14.7. The number of aromatic nitrogens is 4. The number of aldehydes is 1. The molecule has 1 atom stereocenters. The number of aryl methyl sites for hydroxylation is 2. The van der Waals surface area contributed by atoms with E-state index in [1.165, 1.54) is 17.6 Å². The van der Waals surface area contributed by atoms with Crippen molar-refractivity contribution in [3.05, 3.63) is 81.7 Å². The summed E-state index contributed by atoms with van der Waals surface area (Å²) < 4.78 is 34.0. The zero-order valence-corrected chi connectivity index (χ0v) is 38.6. The summed E-state index contributed by atoms with van der Waals surface area (Å²) in [5, 5.41) is 17.5. The van der Waals surface area contributed by atoms with Gasteiger partial charge in [0.05, 0.1) is 23.8 Å². The van der Waals surface area contributed by atoms with Gasteiger partial charge in [-0.3, -0.25) is 33.6 Å². The van der Waals surface area contributed by atoms with Crippen molar-refractivity contribution in [3.63, 3.8) is 0 Å². The fourth-order valence-electron chi connectivity index (χ4n) is 10.6. The number of benzene rings is 2. The van der Waals surface area contributed by atoms with Crippen LogP contribution in [0, 0.1) is 11.3 Å². The Balaban J connectivity index is 0.839. The van der Waals surface area contributed by atoms with Crippen molar-refractivity contribution in [2.75, 3.05) is 57.3 Å². The van der Waals surface area contributed by atoms with Gasteiger partial charge in [0.25, 0.3) is 6.43 Å². The zero-order valence-electron chi connectivity index (χ0n) is 38.6. The number of nitrogens with zero attached hydrogens (tertiary/aromatic N) is 8. The van der Waals surface area contributed by atoms with Gasteiger partial charge < -0.3 is 35.4 Å². The number of rotatable bonds is 16. The first-order chi connectivity index (χ1) is 32.3. The second-order valence-corrected chi connectivity index (χ2v) is 18.6. The van der Waals surface area contributed by atoms with Crippen LogP contribution in [0.15, 0.2) is 64.9 Å². The molecule has 0 saturated carbocycles. The van der Waals surface area contributed by atoms with Gasteiger partial charge in [-0.05, 0) is 112 Å². The van der Waals surface area contributed by atoms with Crippen molar-refractivity contribution in [3.8, 4) is 11.1 Å². The van der Waals surface area contributed by atoms with Crippen molar-refractivity contribution in [2.45, 2.75) is 103 Å². The molecule has 0 bridgehead atoms. The van der Waals surface area contributed by atoms with Crippen molar-refractivity contribution in [1.29, 1.82) is 5.41 Å². The minimum Gasteiger partial charge on any atom is -0.385 e. The first-order valence-electron chi connectivity index (χ1n) is 23.8. The maximum Gasteiger partial charge on any atom is 0.329 e. The molecule has 4 aliphatic rings. The van der Waals surface area contributed by atoms with Crippen LogP contribution in [0.4, 0.5) is 14.5 Å². The van der Waals surface area contributed by atoms with Crippen molar-refractivity contribution in [2.24, 2.45) is 18.7 Å². The third-order valence-electron chi connectivity index (χ3n) is 14.3. The van der Waals surface area contributed by atoms with Gasteiger partial charge in [0, 0.05) is 106 Å². The van der Waals surface area contributed by atoms with Gasteiger partial charge in [-0.1, -0.05) is 12.1 Å². The summed E-state index contributed by atoms with van der Waals surface area (Å²) in [6, 6.07) is 9.91. The molecule has 18 heteroatoms. The minimum atomic E-state index is -2.72. The number of hydrogen-bond donors (Lipinski definition) is 3. The Hall–Kier alpha value is -6.17. The molecule has 2 aromatic heterocycles. The number of amidine groups is 1. The highest BCUT2D eigenvalue weighted by Gasteiger charge is 2.33. The summed E-state index contributed by atoms with van der Waals surface area (Å²) in [5.41, 5.74) is 10.8. The molecule has 4 aliphatic heterocycles. The molecule has 6 heterocycles. The van der Waals surface area contributed by atoms with Gasteiger partial charge in [-0.2, -0.15) is 5.10 Å². The van der Waals surface area contributed by atoms with Crippen LogP contribution in [0.5, 0.6) is 0 Å². The first kappa shape index (κ1) is 47.3. The van der Waals surface area contributed by atoms with E-state index in [0.717, 1.165) is 81.2 Å². The highest BCUT2D eigenvalue weighted by molar-refractivity contribution is 6.09. The lowest BCUT2D eigenvalue weighted by molar-refractivity contribution is -0.132. The monoisotopic (exact) mass is 923 g/mol. The van der Waals surface area contributed by atoms with Gasteiger partial charge >= 0.3 is 5.69 Å². The van der Waals surface area contributed by atoms with Crippen LogP contribution in [-0.2, 0) is 39.2 Å². The third kappa shape index (κ3) is 10.4. The van der Waals surface area contributed by atoms with E-state index in [0.29, 0.717) is 79.9 Å². The van der Waals surface area contributed by atoms with Crippen LogP contribution in [-0.4, -0.2) is 122 Å². The normalized spacial score (nSPS) is 18.1. The molecule has 0 aliphatic carbocycles. The van der Waals surface area contributed by atoms with Crippen LogP contribution in [0.3, 0.4) is 0 Å². The molecular formula is C49H63F2N11O5. The highest BCUT2D eigenvalue weighted by Crippen LogP contribution is 2.40. The summed E-state index contributed by atoms with van der Waals surface area (Å²) in [7, 11) is 1.75. The van der Waals surface area contributed by atoms with Crippen LogP contribution in [0.2, 0.25) is 0 Å². The van der Waals surface area contributed by atoms with Gasteiger partial charge in [0.1, 0.15) is 18.2 Å². The second kappa shape index (κ2) is 20.8. The van der Waals surface area contributed by atoms with E-state index in [1.54, 1.807) is 33.6 Å². The predicted molar refractivity (Wildman–Crippen MR) is 252 cm³/mol. The Morgan fingerprint density at radius 3 is 2.40 bits per heavy atom. The molecule has 2 fully saturated rings. The molecule has 4 aromatic rings. The topological polar surface area (TPSA) is 188 Å². The maximum absolute atomic E-state index is 14.6. The highest BCUT2D eigenvalue weighted by atomic mass is 19.3. The van der Waals surface area contributed by atoms with Gasteiger partial charge in [0.15, 0.2) is 0 Å². The molecule has 0 spiro atoms. The Morgan fingerprint density at radius 1 is 0.985 bits per heavy atom. The first-order valence-corrected chi connectivity index (χ1v) is 23.8. The summed E-state index contributed by atoms with van der Waals surface area (Å²) in [6.45, 7) is 7.07. The number of nitrogens with two attached hydrogens (primary N) is 1. The standard InChI is InChI=1S/C49H63F2N11O5/c1-32(64)59-24-17-40(39(31-59)47(52)60-19-5-8-34-26-37(35-28-54-56(2)30-35)38(46(50)51)27-44(34)60)55-36-15-22-58(23-16-36)45(65)12-6-18-57-20-13-33(14-21-57)29-61-41-9-3-4-10-42(41)62(49(61)67)43(48(53)66)11-7-25-63/h3-4,9-10,25-28,30,33,36,43,46,52,55H,5-8,11-24,29,31H2,1-2H3,(H2,53,66). The largest absolute Gasteiger partial charge is 0.385 e. The lowest BCUT2D eigenvalue weighted by Crippen LogP contribution is -2.48. The molecule has 2 saturated heterocycles. The number of alkyl halides is 2. The molecule has 358 valence electrons. The Labute approximate surface area is 389 Å². The van der Waals surface area contributed by atoms with E-state index in [2.05, 4.69) is 15.3 Å². The Bertz CT molecular complexity index is 2580. The van der Waals surface area contributed by atoms with Crippen LogP contribution < -0.4 is 21.6 Å². The van der Waals surface area contributed by atoms with E-state index in [9.17, 15) is 38.2 Å². The number of carbonyl (C=O) groups is 4. The second-order valence-electron chi connectivity index (χ2n) is 18.6. The molecule has 8 rings (SSSR count). The molecule has 0 radical (unpaired) electrons. The molecule has 1 unspecified atom stereocenters. The number of piperidine rings is 2. The van der Waals surface area contributed by atoms with E-state index in [4.69, 9.17) is 5.73 Å². The number of fused-ring (bicyclic) bond motifs is 2. The van der Waals surface area contributed by atoms with E-state index in [-0.39, 0.29) is 60.2 Å². The van der Waals surface area contributed by atoms with E-state index >= 15 is 0 Å². The smallest absolute Gasteiger partial charge is 0.329 e. The lowest BCUT2D eigenvalue weighted by Gasteiger charge is -2.39. The zero-order chi connectivity index (χ0) is 47.4. The predicted octanol–water partition coefficient (Wildman–Crippen LogP) is 5.16. The minimum absolute atomic E-state index is 0.0765. The average Bonchev–Trinajstić information content (AvgIpc) is 3.88. The average molecular weight is 924 g/mol. The maximum atomic E-state index is 14.6. The van der Waals surface area contributed by atoms with Crippen molar-refractivity contribution >= 4 is 46.6 Å². The molecule has 3 amide bonds. The van der Waals surface area contributed by atoms with Gasteiger partial charge in [0.2, 0.25) is 17.7 Å². The van der Waals surface area contributed by atoms with E-state index in [1.807, 2.05) is 40.1 Å². The number of amides is 3.